The standard InChI is InChI=1S/C14H13NO4S/c1-9(16)19-12-11(14(17)18-2)8-20-13(15-12)10-6-4-3-5-7-10/h3-7H,8H2,1-2H3. The lowest BCUT2D eigenvalue weighted by molar-refractivity contribution is -0.138. The van der Waals surface area contributed by atoms with Crippen molar-refractivity contribution in [2.24, 2.45) is 4.99 Å². The van der Waals surface area contributed by atoms with Crippen LogP contribution < -0.4 is 0 Å². The Morgan fingerprint density at radius 2 is 1.95 bits per heavy atom. The first-order valence-corrected chi connectivity index (χ1v) is 6.87. The van der Waals surface area contributed by atoms with E-state index in [1.807, 2.05) is 30.3 Å². The average molecular weight is 291 g/mol. The molecule has 1 aromatic rings. The fourth-order valence-electron chi connectivity index (χ4n) is 1.61. The van der Waals surface area contributed by atoms with Crippen molar-refractivity contribution in [1.29, 1.82) is 0 Å². The Kier molecular flexibility index (Phi) is 4.57. The third-order valence-electron chi connectivity index (χ3n) is 2.51. The number of methoxy groups -OCH3 is 1. The maximum Gasteiger partial charge on any atom is 0.340 e. The minimum absolute atomic E-state index is 0.0157. The van der Waals surface area contributed by atoms with Crippen LogP contribution in [0.4, 0.5) is 0 Å². The summed E-state index contributed by atoms with van der Waals surface area (Å²) in [6.45, 7) is 1.27. The maximum atomic E-state index is 11.6. The summed E-state index contributed by atoms with van der Waals surface area (Å²) in [6.07, 6.45) is 0. The summed E-state index contributed by atoms with van der Waals surface area (Å²) in [5.41, 5.74) is 1.17. The Bertz CT molecular complexity index is 592. The smallest absolute Gasteiger partial charge is 0.340 e. The van der Waals surface area contributed by atoms with Crippen molar-refractivity contribution >= 4 is 28.7 Å². The highest BCUT2D eigenvalue weighted by Gasteiger charge is 2.25. The number of rotatable bonds is 3. The minimum Gasteiger partial charge on any atom is -0.465 e. The SMILES string of the molecule is COC(=O)C1=C(OC(C)=O)N=C(c2ccccc2)SC1. The van der Waals surface area contributed by atoms with Gasteiger partial charge in [0, 0.05) is 18.2 Å². The number of hydrogen-bond donors (Lipinski definition) is 0. The molecule has 0 spiro atoms. The molecule has 6 heteroatoms. The van der Waals surface area contributed by atoms with Crippen molar-refractivity contribution in [1.82, 2.24) is 0 Å². The van der Waals surface area contributed by atoms with E-state index in [0.29, 0.717) is 10.8 Å². The van der Waals surface area contributed by atoms with E-state index in [9.17, 15) is 9.59 Å². The molecule has 2 rings (SSSR count). The highest BCUT2D eigenvalue weighted by atomic mass is 32.2. The van der Waals surface area contributed by atoms with Crippen LogP contribution in [0.2, 0.25) is 0 Å². The molecule has 1 aromatic carbocycles. The van der Waals surface area contributed by atoms with Crippen molar-refractivity contribution in [3.8, 4) is 0 Å². The molecule has 0 saturated carbocycles. The molecular formula is C14H13NO4S. The van der Waals surface area contributed by atoms with Crippen LogP contribution >= 0.6 is 11.8 Å². The van der Waals surface area contributed by atoms with Gasteiger partial charge in [0.2, 0.25) is 5.88 Å². The first-order valence-electron chi connectivity index (χ1n) is 5.88. The van der Waals surface area contributed by atoms with Crippen molar-refractivity contribution in [2.45, 2.75) is 6.92 Å². The molecule has 1 aliphatic rings. The number of esters is 2. The van der Waals surface area contributed by atoms with E-state index in [4.69, 9.17) is 4.74 Å². The Hall–Kier alpha value is -2.08. The van der Waals surface area contributed by atoms with Crippen LogP contribution in [0.15, 0.2) is 46.8 Å². The van der Waals surface area contributed by atoms with Gasteiger partial charge in [-0.3, -0.25) is 4.79 Å². The fraction of sp³-hybridized carbons (Fsp3) is 0.214. The van der Waals surface area contributed by atoms with E-state index < -0.39 is 11.9 Å². The number of aliphatic imine (C=N–C) groups is 1. The molecule has 1 heterocycles. The Balaban J connectivity index is 2.39. The molecule has 0 fully saturated rings. The Labute approximate surface area is 120 Å². The van der Waals surface area contributed by atoms with E-state index in [0.717, 1.165) is 5.56 Å². The molecule has 104 valence electrons. The number of nitrogens with zero attached hydrogens (tertiary/aromatic N) is 1. The van der Waals surface area contributed by atoms with Crippen LogP contribution in [0.3, 0.4) is 0 Å². The van der Waals surface area contributed by atoms with E-state index in [-0.39, 0.29) is 11.5 Å². The van der Waals surface area contributed by atoms with Crippen molar-refractivity contribution in [3.05, 3.63) is 47.4 Å². The van der Waals surface area contributed by atoms with Gasteiger partial charge >= 0.3 is 11.9 Å². The van der Waals surface area contributed by atoms with Gasteiger partial charge in [-0.2, -0.15) is 0 Å². The second kappa shape index (κ2) is 6.38. The minimum atomic E-state index is -0.537. The zero-order chi connectivity index (χ0) is 14.5. The topological polar surface area (TPSA) is 65.0 Å². The summed E-state index contributed by atoms with van der Waals surface area (Å²) in [6, 6.07) is 9.49. The van der Waals surface area contributed by atoms with Crippen molar-refractivity contribution in [3.63, 3.8) is 0 Å². The quantitative estimate of drug-likeness (QED) is 0.798. The van der Waals surface area contributed by atoms with Crippen LogP contribution in [0.25, 0.3) is 0 Å². The number of ether oxygens (including phenoxy) is 2. The Morgan fingerprint density at radius 1 is 1.25 bits per heavy atom. The molecule has 0 aromatic heterocycles. The molecule has 0 radical (unpaired) electrons. The first kappa shape index (κ1) is 14.3. The summed E-state index contributed by atoms with van der Waals surface area (Å²) in [5.74, 6) is -0.695. The largest absolute Gasteiger partial charge is 0.465 e. The predicted octanol–water partition coefficient (Wildman–Crippen LogP) is 2.13. The van der Waals surface area contributed by atoms with Gasteiger partial charge in [0.25, 0.3) is 0 Å². The van der Waals surface area contributed by atoms with Crippen LogP contribution in [0.5, 0.6) is 0 Å². The van der Waals surface area contributed by atoms with E-state index in [1.165, 1.54) is 25.8 Å². The molecule has 1 aliphatic heterocycles. The molecule has 0 amide bonds. The van der Waals surface area contributed by atoms with E-state index in [2.05, 4.69) is 9.73 Å². The van der Waals surface area contributed by atoms with Crippen LogP contribution in [0.1, 0.15) is 12.5 Å². The summed E-state index contributed by atoms with van der Waals surface area (Å²) in [7, 11) is 1.28. The van der Waals surface area contributed by atoms with Crippen LogP contribution in [0, 0.1) is 0 Å². The third-order valence-corrected chi connectivity index (χ3v) is 3.54. The number of benzene rings is 1. The van der Waals surface area contributed by atoms with Crippen LogP contribution in [-0.4, -0.2) is 29.8 Å². The summed E-state index contributed by atoms with van der Waals surface area (Å²) < 4.78 is 9.69. The predicted molar refractivity (Wildman–Crippen MR) is 76.2 cm³/mol. The van der Waals surface area contributed by atoms with Crippen molar-refractivity contribution < 1.29 is 19.1 Å². The lowest BCUT2D eigenvalue weighted by atomic mass is 10.2. The molecule has 0 bridgehead atoms. The van der Waals surface area contributed by atoms with Gasteiger partial charge in [0.1, 0.15) is 10.6 Å². The highest BCUT2D eigenvalue weighted by molar-refractivity contribution is 8.14. The molecule has 20 heavy (non-hydrogen) atoms. The molecule has 0 atom stereocenters. The monoisotopic (exact) mass is 291 g/mol. The molecule has 5 nitrogen and oxygen atoms in total. The number of carbonyl (C=O) groups excluding carboxylic acids is 2. The third kappa shape index (κ3) is 3.27. The highest BCUT2D eigenvalue weighted by Crippen LogP contribution is 2.27. The molecule has 0 unspecified atom stereocenters. The second-order valence-corrected chi connectivity index (χ2v) is 4.90. The molecular weight excluding hydrogens is 278 g/mol. The van der Waals surface area contributed by atoms with Gasteiger partial charge in [-0.05, 0) is 0 Å². The van der Waals surface area contributed by atoms with E-state index >= 15 is 0 Å². The van der Waals surface area contributed by atoms with Crippen molar-refractivity contribution in [2.75, 3.05) is 12.9 Å². The average Bonchev–Trinajstić information content (AvgIpc) is 2.46. The van der Waals surface area contributed by atoms with Crippen LogP contribution in [-0.2, 0) is 19.1 Å². The van der Waals surface area contributed by atoms with Gasteiger partial charge in [-0.25, -0.2) is 9.79 Å². The second-order valence-electron chi connectivity index (χ2n) is 3.94. The molecule has 0 N–H and O–H groups in total. The number of carbonyl (C=O) groups is 2. The number of thioether (sulfide) groups is 1. The zero-order valence-electron chi connectivity index (χ0n) is 11.1. The molecule has 0 aliphatic carbocycles. The summed E-state index contributed by atoms with van der Waals surface area (Å²) in [5, 5.41) is 0.703. The fourth-order valence-corrected chi connectivity index (χ4v) is 2.59. The van der Waals surface area contributed by atoms with Gasteiger partial charge in [0.15, 0.2) is 0 Å². The lowest BCUT2D eigenvalue weighted by Crippen LogP contribution is -2.17. The first-order chi connectivity index (χ1) is 9.61. The van der Waals surface area contributed by atoms with Gasteiger partial charge in [-0.1, -0.05) is 30.3 Å². The maximum absolute atomic E-state index is 11.6. The van der Waals surface area contributed by atoms with Gasteiger partial charge in [-0.15, -0.1) is 11.8 Å². The summed E-state index contributed by atoms with van der Waals surface area (Å²) >= 11 is 1.40. The zero-order valence-corrected chi connectivity index (χ0v) is 11.9. The van der Waals surface area contributed by atoms with Gasteiger partial charge in [0.05, 0.1) is 7.11 Å². The lowest BCUT2D eigenvalue weighted by Gasteiger charge is -2.16. The molecule has 0 saturated heterocycles. The number of hydrogen-bond acceptors (Lipinski definition) is 6. The normalized spacial score (nSPS) is 14.6. The Morgan fingerprint density at radius 3 is 2.55 bits per heavy atom. The van der Waals surface area contributed by atoms with E-state index in [1.54, 1.807) is 0 Å². The summed E-state index contributed by atoms with van der Waals surface area (Å²) in [4.78, 5) is 27.0. The van der Waals surface area contributed by atoms with Gasteiger partial charge < -0.3 is 9.47 Å².